The second kappa shape index (κ2) is 8.15. The lowest BCUT2D eigenvalue weighted by Gasteiger charge is -2.13. The zero-order valence-corrected chi connectivity index (χ0v) is 10.7. The molecule has 0 unspecified atom stereocenters. The summed E-state index contributed by atoms with van der Waals surface area (Å²) in [6.45, 7) is 4.57. The van der Waals surface area contributed by atoms with Crippen LogP contribution in [0.25, 0.3) is 0 Å². The molecule has 1 heteroatoms. The maximum absolute atomic E-state index is 3.81. The van der Waals surface area contributed by atoms with Gasteiger partial charge in [0, 0.05) is 12.1 Å². The summed E-state index contributed by atoms with van der Waals surface area (Å²) in [4.78, 5) is 0. The van der Waals surface area contributed by atoms with Crippen molar-refractivity contribution in [3.63, 3.8) is 0 Å². The first kappa shape index (κ1) is 13.0. The Labute approximate surface area is 96.0 Å². The normalized spacial score (nSPS) is 26.0. The second-order valence-electron chi connectivity index (χ2n) is 5.13. The van der Waals surface area contributed by atoms with Crippen LogP contribution in [0.5, 0.6) is 0 Å². The van der Waals surface area contributed by atoms with Gasteiger partial charge in [-0.1, -0.05) is 52.4 Å². The van der Waals surface area contributed by atoms with Crippen molar-refractivity contribution in [2.75, 3.05) is 0 Å². The van der Waals surface area contributed by atoms with E-state index in [1.807, 2.05) is 0 Å². The molecule has 1 aliphatic heterocycles. The highest BCUT2D eigenvalue weighted by Gasteiger charge is 2.22. The summed E-state index contributed by atoms with van der Waals surface area (Å²) in [6.07, 6.45) is 14.1. The van der Waals surface area contributed by atoms with Crippen molar-refractivity contribution >= 4 is 0 Å². The summed E-state index contributed by atoms with van der Waals surface area (Å²) < 4.78 is 0. The second-order valence-corrected chi connectivity index (χ2v) is 5.13. The fourth-order valence-electron chi connectivity index (χ4n) is 2.64. The SMILES string of the molecule is CCCCC[C@@H]1CC[C@@H](CCCCC)N1. The smallest absolute Gasteiger partial charge is 0.00702 e. The van der Waals surface area contributed by atoms with Gasteiger partial charge in [-0.25, -0.2) is 0 Å². The molecule has 1 nitrogen and oxygen atoms in total. The lowest BCUT2D eigenvalue weighted by Crippen LogP contribution is -2.29. The molecule has 0 bridgehead atoms. The van der Waals surface area contributed by atoms with E-state index in [0.717, 1.165) is 12.1 Å². The average Bonchev–Trinajstić information content (AvgIpc) is 2.67. The molecule has 1 N–H and O–H groups in total. The summed E-state index contributed by atoms with van der Waals surface area (Å²) in [6, 6.07) is 1.70. The van der Waals surface area contributed by atoms with Crippen molar-refractivity contribution in [1.82, 2.24) is 5.32 Å². The maximum atomic E-state index is 3.81. The largest absolute Gasteiger partial charge is 0.311 e. The summed E-state index contributed by atoms with van der Waals surface area (Å²) >= 11 is 0. The topological polar surface area (TPSA) is 12.0 Å². The predicted molar refractivity (Wildman–Crippen MR) is 68.2 cm³/mol. The van der Waals surface area contributed by atoms with Gasteiger partial charge >= 0.3 is 0 Å². The highest BCUT2D eigenvalue weighted by Crippen LogP contribution is 2.21. The molecule has 0 radical (unpaired) electrons. The number of nitrogens with one attached hydrogen (secondary N) is 1. The number of hydrogen-bond donors (Lipinski definition) is 1. The van der Waals surface area contributed by atoms with Gasteiger partial charge in [0.15, 0.2) is 0 Å². The molecule has 1 fully saturated rings. The van der Waals surface area contributed by atoms with Gasteiger partial charge in [0.1, 0.15) is 0 Å². The summed E-state index contributed by atoms with van der Waals surface area (Å²) in [7, 11) is 0. The molecule has 1 saturated heterocycles. The first-order valence-electron chi connectivity index (χ1n) is 7.12. The third-order valence-electron chi connectivity index (χ3n) is 3.65. The highest BCUT2D eigenvalue weighted by molar-refractivity contribution is 4.83. The van der Waals surface area contributed by atoms with Gasteiger partial charge in [0.2, 0.25) is 0 Å². The summed E-state index contributed by atoms with van der Waals surface area (Å²) in [5, 5.41) is 3.81. The van der Waals surface area contributed by atoms with E-state index >= 15 is 0 Å². The molecule has 90 valence electrons. The standard InChI is InChI=1S/C14H29N/c1-3-5-7-9-13-11-12-14(15-13)10-8-6-4-2/h13-15H,3-12H2,1-2H3/t13-,14-/m1/s1. The Morgan fingerprint density at radius 3 is 1.67 bits per heavy atom. The van der Waals surface area contributed by atoms with E-state index in [0.29, 0.717) is 0 Å². The minimum atomic E-state index is 0.850. The Kier molecular flexibility index (Phi) is 7.08. The van der Waals surface area contributed by atoms with E-state index in [9.17, 15) is 0 Å². The molecule has 0 aromatic carbocycles. The minimum Gasteiger partial charge on any atom is -0.311 e. The van der Waals surface area contributed by atoms with E-state index in [-0.39, 0.29) is 0 Å². The van der Waals surface area contributed by atoms with Gasteiger partial charge in [-0.3, -0.25) is 0 Å². The predicted octanol–water partition coefficient (Wildman–Crippen LogP) is 4.27. The van der Waals surface area contributed by atoms with Gasteiger partial charge in [0.05, 0.1) is 0 Å². The first-order chi connectivity index (χ1) is 7.36. The van der Waals surface area contributed by atoms with Crippen molar-refractivity contribution < 1.29 is 0 Å². The van der Waals surface area contributed by atoms with Crippen LogP contribution in [0.15, 0.2) is 0 Å². The van der Waals surface area contributed by atoms with Crippen LogP contribution in [0, 0.1) is 0 Å². The Morgan fingerprint density at radius 2 is 1.27 bits per heavy atom. The van der Waals surface area contributed by atoms with Crippen molar-refractivity contribution in [1.29, 1.82) is 0 Å². The number of rotatable bonds is 8. The van der Waals surface area contributed by atoms with Crippen LogP contribution >= 0.6 is 0 Å². The Hall–Kier alpha value is -0.0400. The zero-order chi connectivity index (χ0) is 10.9. The van der Waals surface area contributed by atoms with Gasteiger partial charge in [-0.15, -0.1) is 0 Å². The third-order valence-corrected chi connectivity index (χ3v) is 3.65. The van der Waals surface area contributed by atoms with Crippen LogP contribution in [-0.2, 0) is 0 Å². The minimum absolute atomic E-state index is 0.850. The fraction of sp³-hybridized carbons (Fsp3) is 1.00. The molecule has 1 rings (SSSR count). The van der Waals surface area contributed by atoms with Crippen molar-refractivity contribution in [3.05, 3.63) is 0 Å². The van der Waals surface area contributed by atoms with E-state index in [4.69, 9.17) is 0 Å². The van der Waals surface area contributed by atoms with E-state index in [1.165, 1.54) is 64.2 Å². The Balaban J connectivity index is 1.99. The molecule has 2 atom stereocenters. The lowest BCUT2D eigenvalue weighted by molar-refractivity contribution is 0.461. The molecule has 0 saturated carbocycles. The molecule has 1 heterocycles. The van der Waals surface area contributed by atoms with Gasteiger partial charge < -0.3 is 5.32 Å². The average molecular weight is 211 g/mol. The molecular formula is C14H29N. The summed E-state index contributed by atoms with van der Waals surface area (Å²) in [5.41, 5.74) is 0. The molecule has 15 heavy (non-hydrogen) atoms. The van der Waals surface area contributed by atoms with Crippen LogP contribution in [0.1, 0.15) is 78.1 Å². The number of hydrogen-bond acceptors (Lipinski definition) is 1. The molecule has 1 aliphatic rings. The van der Waals surface area contributed by atoms with Crippen LogP contribution in [0.3, 0.4) is 0 Å². The van der Waals surface area contributed by atoms with Gasteiger partial charge in [-0.2, -0.15) is 0 Å². The maximum Gasteiger partial charge on any atom is 0.00702 e. The van der Waals surface area contributed by atoms with Crippen LogP contribution in [0.4, 0.5) is 0 Å². The van der Waals surface area contributed by atoms with Crippen LogP contribution < -0.4 is 5.32 Å². The van der Waals surface area contributed by atoms with Crippen molar-refractivity contribution in [3.8, 4) is 0 Å². The van der Waals surface area contributed by atoms with Crippen LogP contribution in [-0.4, -0.2) is 12.1 Å². The highest BCUT2D eigenvalue weighted by atomic mass is 15.0. The quantitative estimate of drug-likeness (QED) is 0.591. The molecule has 0 aliphatic carbocycles. The molecular weight excluding hydrogens is 182 g/mol. The number of unbranched alkanes of at least 4 members (excludes halogenated alkanes) is 4. The Morgan fingerprint density at radius 1 is 0.800 bits per heavy atom. The molecule has 0 amide bonds. The fourth-order valence-corrected chi connectivity index (χ4v) is 2.64. The monoisotopic (exact) mass is 211 g/mol. The van der Waals surface area contributed by atoms with Crippen molar-refractivity contribution in [2.24, 2.45) is 0 Å². The zero-order valence-electron chi connectivity index (χ0n) is 10.7. The van der Waals surface area contributed by atoms with E-state index in [2.05, 4.69) is 19.2 Å². The molecule has 0 spiro atoms. The Bertz CT molecular complexity index is 128. The van der Waals surface area contributed by atoms with Gasteiger partial charge in [-0.05, 0) is 25.7 Å². The molecule has 0 aromatic rings. The van der Waals surface area contributed by atoms with Crippen molar-refractivity contribution in [2.45, 2.75) is 90.1 Å². The van der Waals surface area contributed by atoms with E-state index in [1.54, 1.807) is 0 Å². The summed E-state index contributed by atoms with van der Waals surface area (Å²) in [5.74, 6) is 0. The van der Waals surface area contributed by atoms with Crippen LogP contribution in [0.2, 0.25) is 0 Å². The van der Waals surface area contributed by atoms with E-state index < -0.39 is 0 Å². The van der Waals surface area contributed by atoms with Gasteiger partial charge in [0.25, 0.3) is 0 Å². The lowest BCUT2D eigenvalue weighted by atomic mass is 10.1. The third kappa shape index (κ3) is 5.55. The molecule has 0 aromatic heterocycles. The first-order valence-corrected chi connectivity index (χ1v) is 7.12.